The Morgan fingerprint density at radius 1 is 1.35 bits per heavy atom. The molecule has 17 heavy (non-hydrogen) atoms. The van der Waals surface area contributed by atoms with E-state index in [0.29, 0.717) is 13.2 Å². The van der Waals surface area contributed by atoms with Gasteiger partial charge >= 0.3 is 0 Å². The minimum absolute atomic E-state index is 0.459. The molecule has 2 aliphatic carbocycles. The normalized spacial score (nSPS) is 35.1. The number of rotatable bonds is 7. The van der Waals surface area contributed by atoms with E-state index in [0.717, 1.165) is 37.0 Å². The molecular weight excluding hydrogens is 214 g/mol. The van der Waals surface area contributed by atoms with Crippen LogP contribution in [0.4, 0.5) is 0 Å². The predicted octanol–water partition coefficient (Wildman–Crippen LogP) is 1.93. The summed E-state index contributed by atoms with van der Waals surface area (Å²) in [7, 11) is 1.67. The standard InChI is InChI=1S/C14H27NO2/c1-17-10-14(16,5-2-6-15)9-13-8-11-3-4-12(13)7-11/h11-13,16H,2-10,15H2,1H3. The summed E-state index contributed by atoms with van der Waals surface area (Å²) in [6.07, 6.45) is 8.14. The zero-order chi connectivity index (χ0) is 12.3. The van der Waals surface area contributed by atoms with E-state index in [-0.39, 0.29) is 0 Å². The van der Waals surface area contributed by atoms with Crippen molar-refractivity contribution in [2.45, 2.75) is 50.5 Å². The van der Waals surface area contributed by atoms with Crippen molar-refractivity contribution < 1.29 is 9.84 Å². The molecule has 4 atom stereocenters. The Kier molecular flexibility index (Phi) is 4.45. The third-order valence-electron chi connectivity index (χ3n) is 4.79. The zero-order valence-electron chi connectivity index (χ0n) is 11.0. The fourth-order valence-corrected chi connectivity index (χ4v) is 4.05. The Morgan fingerprint density at radius 3 is 2.71 bits per heavy atom. The molecule has 3 N–H and O–H groups in total. The van der Waals surface area contributed by atoms with Gasteiger partial charge in [0.1, 0.15) is 0 Å². The highest BCUT2D eigenvalue weighted by atomic mass is 16.5. The van der Waals surface area contributed by atoms with E-state index in [1.165, 1.54) is 25.7 Å². The first-order valence-corrected chi connectivity index (χ1v) is 7.08. The molecule has 0 aromatic carbocycles. The van der Waals surface area contributed by atoms with E-state index in [1.54, 1.807) is 7.11 Å². The zero-order valence-corrected chi connectivity index (χ0v) is 11.0. The molecule has 4 unspecified atom stereocenters. The van der Waals surface area contributed by atoms with E-state index >= 15 is 0 Å². The van der Waals surface area contributed by atoms with Crippen molar-refractivity contribution in [2.75, 3.05) is 20.3 Å². The lowest BCUT2D eigenvalue weighted by Crippen LogP contribution is -2.38. The molecule has 0 radical (unpaired) electrons. The summed E-state index contributed by atoms with van der Waals surface area (Å²) in [6.45, 7) is 1.11. The van der Waals surface area contributed by atoms with Crippen molar-refractivity contribution in [1.82, 2.24) is 0 Å². The molecule has 3 nitrogen and oxygen atoms in total. The summed E-state index contributed by atoms with van der Waals surface area (Å²) in [6, 6.07) is 0. The maximum Gasteiger partial charge on any atom is 0.0883 e. The Morgan fingerprint density at radius 2 is 2.18 bits per heavy atom. The largest absolute Gasteiger partial charge is 0.387 e. The molecule has 0 aliphatic heterocycles. The first kappa shape index (κ1) is 13.3. The minimum atomic E-state index is -0.636. The Hall–Kier alpha value is -0.120. The highest BCUT2D eigenvalue weighted by molar-refractivity contribution is 4.94. The van der Waals surface area contributed by atoms with Crippen molar-refractivity contribution in [3.8, 4) is 0 Å². The molecule has 0 aromatic rings. The molecule has 2 rings (SSSR count). The van der Waals surface area contributed by atoms with Crippen LogP contribution in [0.2, 0.25) is 0 Å². The smallest absolute Gasteiger partial charge is 0.0883 e. The number of fused-ring (bicyclic) bond motifs is 2. The second-order valence-corrected chi connectivity index (χ2v) is 6.19. The Labute approximate surface area is 105 Å². The van der Waals surface area contributed by atoms with E-state index in [9.17, 15) is 5.11 Å². The molecule has 0 aromatic heterocycles. The monoisotopic (exact) mass is 241 g/mol. The number of hydrogen-bond acceptors (Lipinski definition) is 3. The highest BCUT2D eigenvalue weighted by Gasteiger charge is 2.43. The molecule has 0 amide bonds. The molecule has 2 aliphatic rings. The van der Waals surface area contributed by atoms with Gasteiger partial charge in [-0.25, -0.2) is 0 Å². The average molecular weight is 241 g/mol. The van der Waals surface area contributed by atoms with Gasteiger partial charge in [0.25, 0.3) is 0 Å². The summed E-state index contributed by atoms with van der Waals surface area (Å²) in [4.78, 5) is 0. The molecule has 0 heterocycles. The molecule has 0 spiro atoms. The van der Waals surface area contributed by atoms with Gasteiger partial charge < -0.3 is 15.6 Å². The first-order valence-electron chi connectivity index (χ1n) is 7.08. The van der Waals surface area contributed by atoms with Crippen LogP contribution in [0.3, 0.4) is 0 Å². The average Bonchev–Trinajstić information content (AvgIpc) is 2.88. The predicted molar refractivity (Wildman–Crippen MR) is 68.7 cm³/mol. The van der Waals surface area contributed by atoms with Crippen molar-refractivity contribution >= 4 is 0 Å². The van der Waals surface area contributed by atoms with Gasteiger partial charge in [-0.1, -0.05) is 6.42 Å². The lowest BCUT2D eigenvalue weighted by Gasteiger charge is -2.33. The number of hydrogen-bond donors (Lipinski definition) is 2. The molecule has 3 heteroatoms. The summed E-state index contributed by atoms with van der Waals surface area (Å²) < 4.78 is 5.20. The van der Waals surface area contributed by atoms with E-state index in [1.807, 2.05) is 0 Å². The fourth-order valence-electron chi connectivity index (χ4n) is 4.05. The van der Waals surface area contributed by atoms with Gasteiger partial charge in [0.2, 0.25) is 0 Å². The van der Waals surface area contributed by atoms with Crippen LogP contribution in [0.15, 0.2) is 0 Å². The van der Waals surface area contributed by atoms with E-state index in [2.05, 4.69) is 0 Å². The third kappa shape index (κ3) is 3.21. The van der Waals surface area contributed by atoms with Crippen molar-refractivity contribution in [3.63, 3.8) is 0 Å². The van der Waals surface area contributed by atoms with Crippen LogP contribution in [0.5, 0.6) is 0 Å². The molecular formula is C14H27NO2. The van der Waals surface area contributed by atoms with Crippen LogP contribution in [-0.2, 0) is 4.74 Å². The minimum Gasteiger partial charge on any atom is -0.387 e. The second-order valence-electron chi connectivity index (χ2n) is 6.19. The molecule has 2 fully saturated rings. The van der Waals surface area contributed by atoms with Crippen LogP contribution in [-0.4, -0.2) is 31.0 Å². The van der Waals surface area contributed by atoms with Crippen LogP contribution < -0.4 is 5.73 Å². The van der Waals surface area contributed by atoms with Gasteiger partial charge in [-0.05, 0) is 62.8 Å². The number of nitrogens with two attached hydrogens (primary N) is 1. The number of methoxy groups -OCH3 is 1. The van der Waals surface area contributed by atoms with Crippen LogP contribution in [0.1, 0.15) is 44.9 Å². The third-order valence-corrected chi connectivity index (χ3v) is 4.79. The molecule has 0 saturated heterocycles. The fraction of sp³-hybridized carbons (Fsp3) is 1.00. The van der Waals surface area contributed by atoms with Gasteiger partial charge in [0, 0.05) is 7.11 Å². The highest BCUT2D eigenvalue weighted by Crippen LogP contribution is 2.51. The maximum absolute atomic E-state index is 10.7. The number of aliphatic hydroxyl groups is 1. The quantitative estimate of drug-likeness (QED) is 0.716. The summed E-state index contributed by atoms with van der Waals surface area (Å²) in [5, 5.41) is 10.7. The maximum atomic E-state index is 10.7. The van der Waals surface area contributed by atoms with Crippen LogP contribution in [0.25, 0.3) is 0 Å². The first-order chi connectivity index (χ1) is 8.17. The van der Waals surface area contributed by atoms with Gasteiger partial charge in [0.05, 0.1) is 12.2 Å². The molecule has 2 bridgehead atoms. The molecule has 2 saturated carbocycles. The van der Waals surface area contributed by atoms with Crippen LogP contribution >= 0.6 is 0 Å². The topological polar surface area (TPSA) is 55.5 Å². The van der Waals surface area contributed by atoms with Crippen molar-refractivity contribution in [1.29, 1.82) is 0 Å². The Balaban J connectivity index is 1.88. The van der Waals surface area contributed by atoms with Gasteiger partial charge in [-0.15, -0.1) is 0 Å². The summed E-state index contributed by atoms with van der Waals surface area (Å²) in [5.41, 5.74) is 4.91. The SMILES string of the molecule is COCC(O)(CCCN)CC1CC2CCC1C2. The van der Waals surface area contributed by atoms with E-state index < -0.39 is 5.60 Å². The lowest BCUT2D eigenvalue weighted by molar-refractivity contribution is -0.0588. The van der Waals surface area contributed by atoms with Gasteiger partial charge in [-0.2, -0.15) is 0 Å². The molecule has 100 valence electrons. The van der Waals surface area contributed by atoms with Gasteiger partial charge in [0.15, 0.2) is 0 Å². The van der Waals surface area contributed by atoms with E-state index in [4.69, 9.17) is 10.5 Å². The summed E-state index contributed by atoms with van der Waals surface area (Å²) >= 11 is 0. The lowest BCUT2D eigenvalue weighted by atomic mass is 9.79. The van der Waals surface area contributed by atoms with Crippen molar-refractivity contribution in [3.05, 3.63) is 0 Å². The van der Waals surface area contributed by atoms with Gasteiger partial charge in [-0.3, -0.25) is 0 Å². The van der Waals surface area contributed by atoms with Crippen LogP contribution in [0, 0.1) is 17.8 Å². The van der Waals surface area contributed by atoms with Crippen molar-refractivity contribution in [2.24, 2.45) is 23.5 Å². The summed E-state index contributed by atoms with van der Waals surface area (Å²) in [5.74, 6) is 2.55. The second kappa shape index (κ2) is 5.68. The Bertz CT molecular complexity index is 246. The number of ether oxygens (including phenoxy) is 1.